The number of aliphatic carboxylic acids is 1. The Balaban J connectivity index is 1.37. The number of benzene rings is 2. The van der Waals surface area contributed by atoms with Crippen LogP contribution in [0.5, 0.6) is 17.2 Å². The summed E-state index contributed by atoms with van der Waals surface area (Å²) in [6, 6.07) is 10.8. The number of ether oxygens (including phenoxy) is 3. The highest BCUT2D eigenvalue weighted by atomic mass is 19.1. The average Bonchev–Trinajstić information content (AvgIpc) is 2.65. The van der Waals surface area contributed by atoms with Crippen LogP contribution >= 0.6 is 0 Å². The number of halogens is 1. The van der Waals surface area contributed by atoms with E-state index in [-0.39, 0.29) is 24.3 Å². The standard InChI is InChI=1S/C21H22FNO5/c1-26-18-4-2-3-14(20(18)22)11-27-17-6-5-13-7-16(12-28-19(13)8-17)23-9-15(10-23)21(24)25/h2-6,8,15-16H,7,9-12H2,1H3,(H,24,25). The van der Waals surface area contributed by atoms with Gasteiger partial charge in [0.05, 0.1) is 13.0 Å². The molecule has 2 aromatic rings. The molecule has 1 saturated heterocycles. The molecular weight excluding hydrogens is 365 g/mol. The Morgan fingerprint density at radius 3 is 2.89 bits per heavy atom. The molecule has 1 N–H and O–H groups in total. The minimum atomic E-state index is -0.734. The van der Waals surface area contributed by atoms with E-state index >= 15 is 0 Å². The van der Waals surface area contributed by atoms with Gasteiger partial charge >= 0.3 is 5.97 Å². The van der Waals surface area contributed by atoms with Crippen LogP contribution in [0.1, 0.15) is 11.1 Å². The molecule has 0 aliphatic carbocycles. The third-order valence-electron chi connectivity index (χ3n) is 5.36. The lowest BCUT2D eigenvalue weighted by atomic mass is 9.93. The summed E-state index contributed by atoms with van der Waals surface area (Å²) in [6.45, 7) is 1.76. The minimum Gasteiger partial charge on any atom is -0.494 e. The maximum absolute atomic E-state index is 14.2. The fourth-order valence-corrected chi connectivity index (χ4v) is 3.61. The fraction of sp³-hybridized carbons (Fsp3) is 0.381. The van der Waals surface area contributed by atoms with Gasteiger partial charge in [0.25, 0.3) is 0 Å². The average molecular weight is 387 g/mol. The highest BCUT2D eigenvalue weighted by Gasteiger charge is 2.38. The van der Waals surface area contributed by atoms with Crippen LogP contribution in [0.3, 0.4) is 0 Å². The lowest BCUT2D eigenvalue weighted by molar-refractivity contribution is -0.149. The third-order valence-corrected chi connectivity index (χ3v) is 5.36. The summed E-state index contributed by atoms with van der Waals surface area (Å²) >= 11 is 0. The molecule has 2 heterocycles. The Labute approximate surface area is 162 Å². The number of hydrogen-bond acceptors (Lipinski definition) is 5. The summed E-state index contributed by atoms with van der Waals surface area (Å²) in [4.78, 5) is 13.1. The Morgan fingerprint density at radius 1 is 1.32 bits per heavy atom. The predicted octanol–water partition coefficient (Wildman–Crippen LogP) is 2.73. The molecule has 28 heavy (non-hydrogen) atoms. The molecule has 0 spiro atoms. The van der Waals surface area contributed by atoms with Crippen LogP contribution in [0.15, 0.2) is 36.4 Å². The Kier molecular flexibility index (Phi) is 5.09. The quantitative estimate of drug-likeness (QED) is 0.822. The van der Waals surface area contributed by atoms with E-state index in [1.807, 2.05) is 18.2 Å². The molecule has 6 nitrogen and oxygen atoms in total. The second kappa shape index (κ2) is 7.67. The van der Waals surface area contributed by atoms with Crippen LogP contribution in [0.4, 0.5) is 4.39 Å². The number of nitrogens with zero attached hydrogens (tertiary/aromatic N) is 1. The number of hydrogen-bond donors (Lipinski definition) is 1. The van der Waals surface area contributed by atoms with Crippen LogP contribution in [0, 0.1) is 11.7 Å². The van der Waals surface area contributed by atoms with Crippen LogP contribution in [-0.4, -0.2) is 48.8 Å². The third kappa shape index (κ3) is 3.62. The summed E-state index contributed by atoms with van der Waals surface area (Å²) in [5.74, 6) is 0.134. The number of carboxylic acids is 1. The van der Waals surface area contributed by atoms with Crippen molar-refractivity contribution in [2.24, 2.45) is 5.92 Å². The van der Waals surface area contributed by atoms with E-state index in [9.17, 15) is 9.18 Å². The zero-order valence-corrected chi connectivity index (χ0v) is 15.6. The van der Waals surface area contributed by atoms with E-state index in [4.69, 9.17) is 19.3 Å². The Morgan fingerprint density at radius 2 is 2.14 bits per heavy atom. The number of carboxylic acid groups (broad SMARTS) is 1. The van der Waals surface area contributed by atoms with Crippen molar-refractivity contribution in [1.29, 1.82) is 0 Å². The number of rotatable bonds is 6. The van der Waals surface area contributed by atoms with Gasteiger partial charge < -0.3 is 19.3 Å². The van der Waals surface area contributed by atoms with Crippen molar-refractivity contribution in [3.05, 3.63) is 53.3 Å². The summed E-state index contributed by atoms with van der Waals surface area (Å²) in [5, 5.41) is 9.01. The number of methoxy groups -OCH3 is 1. The molecule has 2 aliphatic rings. The molecule has 7 heteroatoms. The van der Waals surface area contributed by atoms with E-state index in [1.54, 1.807) is 18.2 Å². The van der Waals surface area contributed by atoms with Gasteiger partial charge in [0.2, 0.25) is 0 Å². The largest absolute Gasteiger partial charge is 0.494 e. The van der Waals surface area contributed by atoms with E-state index < -0.39 is 11.8 Å². The molecule has 1 atom stereocenters. The van der Waals surface area contributed by atoms with Crippen LogP contribution < -0.4 is 14.2 Å². The van der Waals surface area contributed by atoms with Gasteiger partial charge in [0.1, 0.15) is 24.7 Å². The van der Waals surface area contributed by atoms with Gasteiger partial charge in [-0.15, -0.1) is 0 Å². The first-order chi connectivity index (χ1) is 13.5. The molecular formula is C21H22FNO5. The lowest BCUT2D eigenvalue weighted by Crippen LogP contribution is -2.57. The maximum Gasteiger partial charge on any atom is 0.309 e. The SMILES string of the molecule is COc1cccc(COc2ccc3c(c2)OCC(N2CC(C(=O)O)C2)C3)c1F. The summed E-state index contributed by atoms with van der Waals surface area (Å²) in [6.07, 6.45) is 0.812. The van der Waals surface area contributed by atoms with Crippen molar-refractivity contribution in [3.8, 4) is 17.2 Å². The topological polar surface area (TPSA) is 68.2 Å². The van der Waals surface area contributed by atoms with Crippen LogP contribution in [0.25, 0.3) is 0 Å². The summed E-state index contributed by atoms with van der Waals surface area (Å²) < 4.78 is 30.8. The maximum atomic E-state index is 14.2. The van der Waals surface area contributed by atoms with Crippen molar-refractivity contribution in [2.45, 2.75) is 19.1 Å². The van der Waals surface area contributed by atoms with Gasteiger partial charge in [-0.2, -0.15) is 0 Å². The Bertz CT molecular complexity index is 881. The van der Waals surface area contributed by atoms with Gasteiger partial charge in [-0.3, -0.25) is 9.69 Å². The molecule has 2 aromatic carbocycles. The first kappa shape index (κ1) is 18.6. The lowest BCUT2D eigenvalue weighted by Gasteiger charge is -2.43. The highest BCUT2D eigenvalue weighted by Crippen LogP contribution is 2.33. The fourth-order valence-electron chi connectivity index (χ4n) is 3.61. The van der Waals surface area contributed by atoms with Gasteiger partial charge in [-0.1, -0.05) is 18.2 Å². The second-order valence-electron chi connectivity index (χ2n) is 7.15. The van der Waals surface area contributed by atoms with E-state index in [1.165, 1.54) is 7.11 Å². The first-order valence-electron chi connectivity index (χ1n) is 9.22. The van der Waals surface area contributed by atoms with E-state index in [0.717, 1.165) is 17.7 Å². The van der Waals surface area contributed by atoms with Crippen molar-refractivity contribution in [2.75, 3.05) is 26.8 Å². The van der Waals surface area contributed by atoms with Crippen molar-refractivity contribution >= 4 is 5.97 Å². The van der Waals surface area contributed by atoms with Crippen LogP contribution in [0.2, 0.25) is 0 Å². The Hall–Kier alpha value is -2.80. The molecule has 0 radical (unpaired) electrons. The number of carbonyl (C=O) groups is 1. The highest BCUT2D eigenvalue weighted by molar-refractivity contribution is 5.71. The molecule has 0 aromatic heterocycles. The minimum absolute atomic E-state index is 0.0921. The van der Waals surface area contributed by atoms with Gasteiger partial charge in [-0.25, -0.2) is 4.39 Å². The second-order valence-corrected chi connectivity index (χ2v) is 7.15. The number of likely N-dealkylation sites (tertiary alicyclic amines) is 1. The van der Waals surface area contributed by atoms with Gasteiger partial charge in [0, 0.05) is 30.8 Å². The summed E-state index contributed by atoms with van der Waals surface area (Å²) in [5.41, 5.74) is 1.48. The van der Waals surface area contributed by atoms with Crippen molar-refractivity contribution in [1.82, 2.24) is 4.90 Å². The van der Waals surface area contributed by atoms with E-state index in [0.29, 0.717) is 31.0 Å². The monoisotopic (exact) mass is 387 g/mol. The first-order valence-corrected chi connectivity index (χ1v) is 9.22. The zero-order chi connectivity index (χ0) is 19.7. The molecule has 148 valence electrons. The molecule has 4 rings (SSSR count). The molecule has 0 amide bonds. The van der Waals surface area contributed by atoms with Crippen molar-refractivity contribution in [3.63, 3.8) is 0 Å². The smallest absolute Gasteiger partial charge is 0.309 e. The normalized spacial score (nSPS) is 19.3. The molecule has 1 fully saturated rings. The molecule has 2 aliphatic heterocycles. The van der Waals surface area contributed by atoms with Crippen molar-refractivity contribution < 1.29 is 28.5 Å². The zero-order valence-electron chi connectivity index (χ0n) is 15.6. The van der Waals surface area contributed by atoms with Crippen LogP contribution in [-0.2, 0) is 17.8 Å². The van der Waals surface area contributed by atoms with E-state index in [2.05, 4.69) is 4.90 Å². The molecule has 0 saturated carbocycles. The molecule has 0 bridgehead atoms. The number of fused-ring (bicyclic) bond motifs is 1. The van der Waals surface area contributed by atoms with Gasteiger partial charge in [0.15, 0.2) is 11.6 Å². The van der Waals surface area contributed by atoms with Gasteiger partial charge in [-0.05, 0) is 24.1 Å². The predicted molar refractivity (Wildman–Crippen MR) is 99.4 cm³/mol. The summed E-state index contributed by atoms with van der Waals surface area (Å²) in [7, 11) is 1.43. The molecule has 1 unspecified atom stereocenters.